The van der Waals surface area contributed by atoms with E-state index in [0.29, 0.717) is 5.30 Å². The van der Waals surface area contributed by atoms with E-state index in [-0.39, 0.29) is 0 Å². The molecule has 1 aromatic rings. The molecule has 60 valence electrons. The highest BCUT2D eigenvalue weighted by Crippen LogP contribution is 2.16. The predicted octanol–water partition coefficient (Wildman–Crippen LogP) is 1.40. The summed E-state index contributed by atoms with van der Waals surface area (Å²) in [6, 6.07) is 5.56. The molecule has 0 spiro atoms. The summed E-state index contributed by atoms with van der Waals surface area (Å²) in [4.78, 5) is 8.88. The third-order valence-electron chi connectivity index (χ3n) is 1.62. The van der Waals surface area contributed by atoms with Gasteiger partial charge in [-0.15, -0.1) is 0 Å². The Hall–Kier alpha value is -0.590. The van der Waals surface area contributed by atoms with Crippen molar-refractivity contribution >= 4 is 13.3 Å². The predicted molar refractivity (Wildman–Crippen MR) is 46.8 cm³/mol. The van der Waals surface area contributed by atoms with E-state index in [9.17, 15) is 4.57 Å². The minimum Gasteiger partial charge on any atom is -0.343 e. The Morgan fingerprint density at radius 1 is 1.36 bits per heavy atom. The van der Waals surface area contributed by atoms with Crippen molar-refractivity contribution < 1.29 is 9.46 Å². The molecule has 1 unspecified atom stereocenters. The van der Waals surface area contributed by atoms with Crippen molar-refractivity contribution in [2.24, 2.45) is 0 Å². The number of hydrogen-bond acceptors (Lipinski definition) is 1. The van der Waals surface area contributed by atoms with E-state index in [2.05, 4.69) is 0 Å². The van der Waals surface area contributed by atoms with Crippen LogP contribution in [0.2, 0.25) is 0 Å². The Balaban J connectivity index is 3.23. The summed E-state index contributed by atoms with van der Waals surface area (Å²) < 4.78 is 10.8. The highest BCUT2D eigenvalue weighted by atomic mass is 31.1. The highest BCUT2D eigenvalue weighted by molar-refractivity contribution is 7.47. The number of aryl methyl sites for hydroxylation is 2. The maximum Gasteiger partial charge on any atom is 0.218 e. The lowest BCUT2D eigenvalue weighted by molar-refractivity contribution is 0.513. The lowest BCUT2D eigenvalue weighted by atomic mass is 10.2. The average molecular weight is 170 g/mol. The quantitative estimate of drug-likeness (QED) is 0.647. The van der Waals surface area contributed by atoms with Crippen LogP contribution in [-0.2, 0) is 4.57 Å². The standard InChI is InChI=1S/C8H11O2P/c1-6-3-4-7(2)8(5-6)11(9)10/h3-5,11H,1-2H3,(H,9,10). The Labute approximate surface area is 66.7 Å². The van der Waals surface area contributed by atoms with Crippen LogP contribution in [0.4, 0.5) is 0 Å². The Morgan fingerprint density at radius 3 is 2.45 bits per heavy atom. The number of benzene rings is 1. The van der Waals surface area contributed by atoms with Crippen molar-refractivity contribution in [3.63, 3.8) is 0 Å². The molecule has 1 aromatic carbocycles. The van der Waals surface area contributed by atoms with E-state index in [1.54, 1.807) is 6.07 Å². The molecule has 0 saturated heterocycles. The summed E-state index contributed by atoms with van der Waals surface area (Å²) in [6.07, 6.45) is 0. The van der Waals surface area contributed by atoms with Crippen LogP contribution < -0.4 is 5.30 Å². The molecule has 1 rings (SSSR count). The summed E-state index contributed by atoms with van der Waals surface area (Å²) in [5.74, 6) is 0. The smallest absolute Gasteiger partial charge is 0.218 e. The maximum absolute atomic E-state index is 10.8. The highest BCUT2D eigenvalue weighted by Gasteiger charge is 2.02. The minimum atomic E-state index is -2.51. The molecular weight excluding hydrogens is 159 g/mol. The van der Waals surface area contributed by atoms with Crippen LogP contribution in [0.5, 0.6) is 0 Å². The summed E-state index contributed by atoms with van der Waals surface area (Å²) in [6.45, 7) is 3.75. The van der Waals surface area contributed by atoms with E-state index in [0.717, 1.165) is 11.1 Å². The fraction of sp³-hybridized carbons (Fsp3) is 0.250. The molecule has 2 nitrogen and oxygen atoms in total. The summed E-state index contributed by atoms with van der Waals surface area (Å²) in [7, 11) is -2.51. The van der Waals surface area contributed by atoms with E-state index >= 15 is 0 Å². The topological polar surface area (TPSA) is 37.3 Å². The van der Waals surface area contributed by atoms with Gasteiger partial charge in [-0.1, -0.05) is 17.7 Å². The van der Waals surface area contributed by atoms with Crippen molar-refractivity contribution in [3.05, 3.63) is 29.3 Å². The monoisotopic (exact) mass is 170 g/mol. The summed E-state index contributed by atoms with van der Waals surface area (Å²) in [5.41, 5.74) is 1.92. The van der Waals surface area contributed by atoms with Gasteiger partial charge in [0.15, 0.2) is 0 Å². The Bertz CT molecular complexity index is 294. The van der Waals surface area contributed by atoms with Crippen molar-refractivity contribution in [1.29, 1.82) is 0 Å². The van der Waals surface area contributed by atoms with Crippen LogP contribution in [0.15, 0.2) is 18.2 Å². The molecule has 1 N–H and O–H groups in total. The van der Waals surface area contributed by atoms with Gasteiger partial charge < -0.3 is 4.89 Å². The van der Waals surface area contributed by atoms with Gasteiger partial charge in [-0.3, -0.25) is 4.57 Å². The maximum atomic E-state index is 10.8. The van der Waals surface area contributed by atoms with E-state index in [1.165, 1.54) is 0 Å². The molecule has 0 fully saturated rings. The number of rotatable bonds is 1. The van der Waals surface area contributed by atoms with Crippen LogP contribution in [0.3, 0.4) is 0 Å². The third-order valence-corrected chi connectivity index (χ3v) is 2.62. The molecule has 0 aliphatic carbocycles. The van der Waals surface area contributed by atoms with E-state index in [1.807, 2.05) is 26.0 Å². The second-order valence-electron chi connectivity index (χ2n) is 2.62. The molecule has 0 saturated carbocycles. The molecule has 0 radical (unpaired) electrons. The molecule has 1 atom stereocenters. The molecular formula is C8H11O2P. The van der Waals surface area contributed by atoms with E-state index in [4.69, 9.17) is 4.89 Å². The zero-order chi connectivity index (χ0) is 8.43. The zero-order valence-electron chi connectivity index (χ0n) is 6.59. The first-order chi connectivity index (χ1) is 5.11. The Morgan fingerprint density at radius 2 is 2.00 bits per heavy atom. The average Bonchev–Trinajstić information content (AvgIpc) is 1.94. The van der Waals surface area contributed by atoms with Crippen LogP contribution in [0.1, 0.15) is 11.1 Å². The molecule has 11 heavy (non-hydrogen) atoms. The van der Waals surface area contributed by atoms with Crippen molar-refractivity contribution in [1.82, 2.24) is 0 Å². The number of hydrogen-bond donors (Lipinski definition) is 1. The first-order valence-electron chi connectivity index (χ1n) is 3.42. The molecule has 0 heterocycles. The van der Waals surface area contributed by atoms with Crippen molar-refractivity contribution in [2.45, 2.75) is 13.8 Å². The van der Waals surface area contributed by atoms with Crippen LogP contribution in [0.25, 0.3) is 0 Å². The molecule has 0 aliphatic heterocycles. The Kier molecular flexibility index (Phi) is 2.48. The largest absolute Gasteiger partial charge is 0.343 e. The normalized spacial score (nSPS) is 13.0. The van der Waals surface area contributed by atoms with Crippen molar-refractivity contribution in [2.75, 3.05) is 0 Å². The van der Waals surface area contributed by atoms with E-state index < -0.39 is 8.03 Å². The van der Waals surface area contributed by atoms with Gasteiger partial charge in [-0.2, -0.15) is 0 Å². The second-order valence-corrected chi connectivity index (χ2v) is 3.77. The van der Waals surface area contributed by atoms with Crippen molar-refractivity contribution in [3.8, 4) is 0 Å². The van der Waals surface area contributed by atoms with Crippen LogP contribution in [-0.4, -0.2) is 4.89 Å². The lowest BCUT2D eigenvalue weighted by Gasteiger charge is -2.01. The van der Waals surface area contributed by atoms with Gasteiger partial charge in [0.2, 0.25) is 8.03 Å². The molecule has 0 amide bonds. The minimum absolute atomic E-state index is 0.579. The summed E-state index contributed by atoms with van der Waals surface area (Å²) in [5, 5.41) is 0.579. The van der Waals surface area contributed by atoms with Gasteiger partial charge >= 0.3 is 0 Å². The molecule has 3 heteroatoms. The molecule has 0 bridgehead atoms. The molecule has 0 aliphatic rings. The zero-order valence-corrected chi connectivity index (χ0v) is 7.59. The fourth-order valence-electron chi connectivity index (χ4n) is 0.966. The first-order valence-corrected chi connectivity index (χ1v) is 4.77. The van der Waals surface area contributed by atoms with Gasteiger partial charge in [0, 0.05) is 5.30 Å². The van der Waals surface area contributed by atoms with Crippen LogP contribution >= 0.6 is 8.03 Å². The fourth-order valence-corrected chi connectivity index (χ4v) is 1.74. The lowest BCUT2D eigenvalue weighted by Crippen LogP contribution is -2.01. The first kappa shape index (κ1) is 8.51. The van der Waals surface area contributed by atoms with Gasteiger partial charge in [0.05, 0.1) is 0 Å². The SMILES string of the molecule is Cc1ccc(C)c([PH](=O)O)c1. The van der Waals surface area contributed by atoms with Gasteiger partial charge in [-0.05, 0) is 25.5 Å². The second kappa shape index (κ2) is 3.21. The van der Waals surface area contributed by atoms with Gasteiger partial charge in [0.1, 0.15) is 0 Å². The summed E-state index contributed by atoms with van der Waals surface area (Å²) >= 11 is 0. The van der Waals surface area contributed by atoms with Gasteiger partial charge in [0.25, 0.3) is 0 Å². The third kappa shape index (κ3) is 1.92. The van der Waals surface area contributed by atoms with Gasteiger partial charge in [-0.25, -0.2) is 0 Å². The van der Waals surface area contributed by atoms with Crippen LogP contribution in [0, 0.1) is 13.8 Å². The molecule has 0 aromatic heterocycles.